The highest BCUT2D eigenvalue weighted by Crippen LogP contribution is 2.24. The van der Waals surface area contributed by atoms with E-state index in [4.69, 9.17) is 11.6 Å². The van der Waals surface area contributed by atoms with E-state index in [1.54, 1.807) is 0 Å². The van der Waals surface area contributed by atoms with E-state index < -0.39 is 23.8 Å². The molecule has 0 atom stereocenters. The van der Waals surface area contributed by atoms with Crippen LogP contribution in [0.4, 0.5) is 17.6 Å². The minimum atomic E-state index is -3.07. The van der Waals surface area contributed by atoms with Crippen LogP contribution in [0.2, 0.25) is 0 Å². The summed E-state index contributed by atoms with van der Waals surface area (Å²) in [5.74, 6) is -3.41. The summed E-state index contributed by atoms with van der Waals surface area (Å²) in [6.07, 6.45) is -3.07. The molecule has 0 saturated heterocycles. The van der Waals surface area contributed by atoms with E-state index >= 15 is 0 Å². The van der Waals surface area contributed by atoms with Crippen LogP contribution in [0, 0.1) is 11.8 Å². The molecule has 0 aliphatic heterocycles. The maximum absolute atomic E-state index is 12.6. The van der Waals surface area contributed by atoms with Crippen molar-refractivity contribution in [3.05, 3.63) is 29.1 Å². The summed E-state index contributed by atoms with van der Waals surface area (Å²) in [7, 11) is 0. The Morgan fingerprint density at radius 3 is 2.46 bits per heavy atom. The second kappa shape index (κ2) is 3.91. The molecule has 1 aromatic heterocycles. The van der Waals surface area contributed by atoms with Gasteiger partial charge in [0.05, 0.1) is 17.1 Å². The van der Waals surface area contributed by atoms with Gasteiger partial charge < -0.3 is 0 Å². The van der Waals surface area contributed by atoms with Gasteiger partial charge >= 0.3 is 0 Å². The van der Waals surface area contributed by atoms with Crippen LogP contribution in [-0.2, 0) is 5.88 Å². The average molecular weight is 214 g/mol. The zero-order valence-corrected chi connectivity index (χ0v) is 6.95. The van der Waals surface area contributed by atoms with Crippen molar-refractivity contribution in [3.63, 3.8) is 0 Å². The van der Waals surface area contributed by atoms with E-state index in [9.17, 15) is 17.6 Å². The standard InChI is InChI=1S/C7H4ClF4N/c8-2-3-1-4(6(10)11)5(9)7(12)13-3/h1,6H,2H2. The molecule has 0 bridgehead atoms. The number of hydrogen-bond acceptors (Lipinski definition) is 1. The smallest absolute Gasteiger partial charge is 0.221 e. The summed E-state index contributed by atoms with van der Waals surface area (Å²) in [6.45, 7) is 0. The van der Waals surface area contributed by atoms with Crippen LogP contribution >= 0.6 is 11.6 Å². The highest BCUT2D eigenvalue weighted by atomic mass is 35.5. The first-order valence-electron chi connectivity index (χ1n) is 3.25. The van der Waals surface area contributed by atoms with Gasteiger partial charge in [-0.3, -0.25) is 0 Å². The minimum absolute atomic E-state index is 0.115. The third kappa shape index (κ3) is 2.09. The molecule has 0 N–H and O–H groups in total. The average Bonchev–Trinajstić information content (AvgIpc) is 2.09. The van der Waals surface area contributed by atoms with Gasteiger partial charge in [0.25, 0.3) is 6.43 Å². The first-order valence-corrected chi connectivity index (χ1v) is 3.78. The Kier molecular flexibility index (Phi) is 3.08. The molecular formula is C7H4ClF4N. The molecule has 72 valence electrons. The maximum atomic E-state index is 12.6. The molecule has 0 fully saturated rings. The minimum Gasteiger partial charge on any atom is -0.221 e. The SMILES string of the molecule is Fc1nc(CCl)cc(C(F)F)c1F. The molecule has 0 amide bonds. The second-order valence-corrected chi connectivity index (χ2v) is 2.51. The van der Waals surface area contributed by atoms with E-state index in [1.165, 1.54) is 0 Å². The summed E-state index contributed by atoms with van der Waals surface area (Å²) >= 11 is 5.23. The first-order chi connectivity index (χ1) is 6.06. The third-order valence-corrected chi connectivity index (χ3v) is 1.64. The Balaban J connectivity index is 3.25. The molecule has 1 rings (SSSR count). The zero-order valence-electron chi connectivity index (χ0n) is 6.20. The predicted octanol–water partition coefficient (Wildman–Crippen LogP) is 3.04. The molecule has 0 radical (unpaired) electrons. The Hall–Kier alpha value is -0.840. The molecule has 0 unspecified atom stereocenters. The quantitative estimate of drug-likeness (QED) is 0.418. The van der Waals surface area contributed by atoms with Crippen LogP contribution in [0.3, 0.4) is 0 Å². The van der Waals surface area contributed by atoms with Crippen LogP contribution in [0.5, 0.6) is 0 Å². The second-order valence-electron chi connectivity index (χ2n) is 2.24. The van der Waals surface area contributed by atoms with E-state index in [-0.39, 0.29) is 11.6 Å². The van der Waals surface area contributed by atoms with E-state index in [2.05, 4.69) is 4.98 Å². The lowest BCUT2D eigenvalue weighted by atomic mass is 10.2. The highest BCUT2D eigenvalue weighted by molar-refractivity contribution is 6.16. The maximum Gasteiger partial charge on any atom is 0.266 e. The van der Waals surface area contributed by atoms with Crippen molar-refractivity contribution in [2.75, 3.05) is 0 Å². The summed E-state index contributed by atoms with van der Waals surface area (Å²) in [5.41, 5.74) is -1.13. The molecule has 0 saturated carbocycles. The van der Waals surface area contributed by atoms with Crippen molar-refractivity contribution in [2.45, 2.75) is 12.3 Å². The fourth-order valence-corrected chi connectivity index (χ4v) is 0.934. The van der Waals surface area contributed by atoms with Crippen molar-refractivity contribution in [1.29, 1.82) is 0 Å². The van der Waals surface area contributed by atoms with Crippen molar-refractivity contribution in [2.24, 2.45) is 0 Å². The lowest BCUT2D eigenvalue weighted by Gasteiger charge is -2.03. The molecule has 13 heavy (non-hydrogen) atoms. The molecule has 0 spiro atoms. The van der Waals surface area contributed by atoms with Crippen LogP contribution in [0.1, 0.15) is 17.7 Å². The summed E-state index contributed by atoms with van der Waals surface area (Å²) in [5, 5.41) is 0. The fourth-order valence-electron chi connectivity index (χ4n) is 0.797. The normalized spacial score (nSPS) is 10.9. The predicted molar refractivity (Wildman–Crippen MR) is 38.7 cm³/mol. The zero-order chi connectivity index (χ0) is 10.0. The van der Waals surface area contributed by atoms with Crippen LogP contribution in [-0.4, -0.2) is 4.98 Å². The third-order valence-electron chi connectivity index (χ3n) is 1.37. The Morgan fingerprint density at radius 2 is 2.00 bits per heavy atom. The monoisotopic (exact) mass is 213 g/mol. The molecule has 0 aliphatic rings. The molecule has 1 heterocycles. The van der Waals surface area contributed by atoms with Crippen LogP contribution in [0.15, 0.2) is 6.07 Å². The topological polar surface area (TPSA) is 12.9 Å². The largest absolute Gasteiger partial charge is 0.266 e. The lowest BCUT2D eigenvalue weighted by molar-refractivity contribution is 0.144. The molecular weight excluding hydrogens is 210 g/mol. The summed E-state index contributed by atoms with van der Waals surface area (Å²) in [6, 6.07) is 0.746. The molecule has 1 nitrogen and oxygen atoms in total. The number of pyridine rings is 1. The van der Waals surface area contributed by atoms with E-state index in [1.807, 2.05) is 0 Å². The van der Waals surface area contributed by atoms with E-state index in [0.29, 0.717) is 0 Å². The molecule has 6 heteroatoms. The van der Waals surface area contributed by atoms with Gasteiger partial charge in [-0.2, -0.15) is 4.39 Å². The van der Waals surface area contributed by atoms with Gasteiger partial charge in [0, 0.05) is 0 Å². The van der Waals surface area contributed by atoms with Crippen molar-refractivity contribution < 1.29 is 17.6 Å². The molecule has 0 aromatic carbocycles. The lowest BCUT2D eigenvalue weighted by Crippen LogP contribution is -2.01. The number of hydrogen-bond donors (Lipinski definition) is 0. The summed E-state index contributed by atoms with van der Waals surface area (Å²) in [4.78, 5) is 3.03. The molecule has 0 aliphatic carbocycles. The van der Waals surface area contributed by atoms with Crippen molar-refractivity contribution in [3.8, 4) is 0 Å². The number of rotatable bonds is 2. The van der Waals surface area contributed by atoms with Crippen LogP contribution < -0.4 is 0 Å². The molecule has 1 aromatic rings. The van der Waals surface area contributed by atoms with Crippen LogP contribution in [0.25, 0.3) is 0 Å². The Morgan fingerprint density at radius 1 is 1.38 bits per heavy atom. The Bertz CT molecular complexity index is 316. The highest BCUT2D eigenvalue weighted by Gasteiger charge is 2.19. The fraction of sp³-hybridized carbons (Fsp3) is 0.286. The van der Waals surface area contributed by atoms with Gasteiger partial charge in [0.15, 0.2) is 5.82 Å². The van der Waals surface area contributed by atoms with Gasteiger partial charge in [-0.15, -0.1) is 11.6 Å². The number of alkyl halides is 3. The Labute approximate surface area is 76.3 Å². The number of aromatic nitrogens is 1. The van der Waals surface area contributed by atoms with Gasteiger partial charge in [-0.1, -0.05) is 0 Å². The van der Waals surface area contributed by atoms with E-state index in [0.717, 1.165) is 6.07 Å². The number of nitrogens with zero attached hydrogens (tertiary/aromatic N) is 1. The van der Waals surface area contributed by atoms with Gasteiger partial charge in [-0.05, 0) is 6.07 Å². The van der Waals surface area contributed by atoms with Gasteiger partial charge in [0.2, 0.25) is 5.95 Å². The van der Waals surface area contributed by atoms with Gasteiger partial charge in [0.1, 0.15) is 0 Å². The number of halogens is 5. The van der Waals surface area contributed by atoms with Crippen molar-refractivity contribution >= 4 is 11.6 Å². The van der Waals surface area contributed by atoms with Crippen molar-refractivity contribution in [1.82, 2.24) is 4.98 Å². The first kappa shape index (κ1) is 10.2. The summed E-state index contributed by atoms with van der Waals surface area (Å²) < 4.78 is 49.2. The van der Waals surface area contributed by atoms with Gasteiger partial charge in [-0.25, -0.2) is 18.2 Å².